The number of hydrogen-bond acceptors (Lipinski definition) is 6. The first-order valence-corrected chi connectivity index (χ1v) is 9.58. The molecule has 1 amide bonds. The molecule has 0 aliphatic carbocycles. The lowest BCUT2D eigenvalue weighted by Crippen LogP contribution is -2.15. The van der Waals surface area contributed by atoms with E-state index in [1.54, 1.807) is 24.8 Å². The number of nitrogens with zero attached hydrogens (tertiary/aromatic N) is 3. The number of thiophene rings is 1. The second-order valence-corrected chi connectivity index (χ2v) is 7.15. The van der Waals surface area contributed by atoms with Crippen LogP contribution in [0.2, 0.25) is 0 Å². The van der Waals surface area contributed by atoms with Crippen molar-refractivity contribution in [3.63, 3.8) is 0 Å². The van der Waals surface area contributed by atoms with Gasteiger partial charge >= 0.3 is 0 Å². The van der Waals surface area contributed by atoms with Gasteiger partial charge in [-0.05, 0) is 30.0 Å². The molecule has 2 heterocycles. The molecule has 0 bridgehead atoms. The smallest absolute Gasteiger partial charge is 0.234 e. The second kappa shape index (κ2) is 8.68. The highest BCUT2D eigenvalue weighted by Gasteiger charge is 2.11. The van der Waals surface area contributed by atoms with Crippen molar-refractivity contribution in [2.24, 2.45) is 0 Å². The molecule has 0 fully saturated rings. The highest BCUT2D eigenvalue weighted by Crippen LogP contribution is 2.24. The lowest BCUT2D eigenvalue weighted by Gasteiger charge is -2.09. The van der Waals surface area contributed by atoms with Gasteiger partial charge in [0, 0.05) is 11.4 Å². The number of thioether (sulfide) groups is 1. The molecule has 0 radical (unpaired) electrons. The monoisotopic (exact) mass is 374 g/mol. The van der Waals surface area contributed by atoms with Gasteiger partial charge in [0.1, 0.15) is 12.1 Å². The Morgan fingerprint density at radius 3 is 3.00 bits per heavy atom. The number of carbonyl (C=O) groups excluding carboxylic acids is 1. The number of ether oxygens (including phenoxy) is 1. The first-order valence-electron chi connectivity index (χ1n) is 7.72. The Labute approximate surface area is 154 Å². The Kier molecular flexibility index (Phi) is 6.08. The second-order valence-electron chi connectivity index (χ2n) is 5.17. The summed E-state index contributed by atoms with van der Waals surface area (Å²) in [6.07, 6.45) is 2.63. The predicted molar refractivity (Wildman–Crippen MR) is 100 cm³/mol. The van der Waals surface area contributed by atoms with Gasteiger partial charge < -0.3 is 14.6 Å². The quantitative estimate of drug-likeness (QED) is 0.613. The number of aromatic nitrogens is 3. The fourth-order valence-electron chi connectivity index (χ4n) is 2.26. The molecule has 6 nitrogen and oxygen atoms in total. The number of amides is 1. The van der Waals surface area contributed by atoms with E-state index in [1.165, 1.54) is 16.6 Å². The van der Waals surface area contributed by atoms with Crippen LogP contribution in [0, 0.1) is 0 Å². The minimum Gasteiger partial charge on any atom is -0.495 e. The number of hydrogen-bond donors (Lipinski definition) is 1. The molecule has 1 N–H and O–H groups in total. The highest BCUT2D eigenvalue weighted by molar-refractivity contribution is 7.99. The molecule has 0 aliphatic rings. The summed E-state index contributed by atoms with van der Waals surface area (Å²) in [5.41, 5.74) is 0.662. The van der Waals surface area contributed by atoms with Crippen molar-refractivity contribution in [2.75, 3.05) is 18.2 Å². The van der Waals surface area contributed by atoms with Gasteiger partial charge in [0.15, 0.2) is 5.16 Å². The van der Waals surface area contributed by atoms with E-state index < -0.39 is 0 Å². The third-order valence-corrected chi connectivity index (χ3v) is 5.39. The zero-order valence-corrected chi connectivity index (χ0v) is 15.3. The first kappa shape index (κ1) is 17.5. The average molecular weight is 374 g/mol. The summed E-state index contributed by atoms with van der Waals surface area (Å²) in [7, 11) is 1.58. The summed E-state index contributed by atoms with van der Waals surface area (Å²) in [5.74, 6) is 0.790. The lowest BCUT2D eigenvalue weighted by molar-refractivity contribution is -0.113. The number of para-hydroxylation sites is 2. The van der Waals surface area contributed by atoms with E-state index in [2.05, 4.69) is 27.0 Å². The molecule has 2 aromatic heterocycles. The van der Waals surface area contributed by atoms with Crippen molar-refractivity contribution < 1.29 is 9.53 Å². The highest BCUT2D eigenvalue weighted by atomic mass is 32.2. The molecule has 0 saturated heterocycles. The van der Waals surface area contributed by atoms with Crippen LogP contribution in [0.4, 0.5) is 5.69 Å². The summed E-state index contributed by atoms with van der Waals surface area (Å²) in [5, 5.41) is 13.7. The van der Waals surface area contributed by atoms with Crippen LogP contribution in [-0.2, 0) is 17.8 Å². The molecular weight excluding hydrogens is 356 g/mol. The molecule has 0 spiro atoms. The standard InChI is InChI=1S/C17H18N4O2S2/c1-23-15-7-3-2-6-14(15)19-16(22)11-25-17-20-18-12-21(17)9-8-13-5-4-10-24-13/h2-7,10,12H,8-9,11H2,1H3,(H,19,22). The van der Waals surface area contributed by atoms with Gasteiger partial charge in [-0.15, -0.1) is 21.5 Å². The molecule has 0 atom stereocenters. The molecule has 3 rings (SSSR count). The number of methoxy groups -OCH3 is 1. The fourth-order valence-corrected chi connectivity index (χ4v) is 3.70. The Morgan fingerprint density at radius 2 is 2.20 bits per heavy atom. The molecule has 3 aromatic rings. The van der Waals surface area contributed by atoms with Crippen LogP contribution in [0.3, 0.4) is 0 Å². The van der Waals surface area contributed by atoms with Crippen LogP contribution in [0.25, 0.3) is 0 Å². The van der Waals surface area contributed by atoms with Crippen LogP contribution >= 0.6 is 23.1 Å². The molecular formula is C17H18N4O2S2. The molecule has 25 heavy (non-hydrogen) atoms. The van der Waals surface area contributed by atoms with E-state index >= 15 is 0 Å². The molecule has 0 saturated carbocycles. The van der Waals surface area contributed by atoms with Gasteiger partial charge in [-0.2, -0.15) is 0 Å². The van der Waals surface area contributed by atoms with Crippen molar-refractivity contribution in [3.05, 3.63) is 53.0 Å². The van der Waals surface area contributed by atoms with Gasteiger partial charge in [-0.1, -0.05) is 30.0 Å². The van der Waals surface area contributed by atoms with Crippen LogP contribution in [-0.4, -0.2) is 33.5 Å². The molecule has 0 unspecified atom stereocenters. The van der Waals surface area contributed by atoms with E-state index in [0.717, 1.165) is 18.1 Å². The van der Waals surface area contributed by atoms with E-state index in [1.807, 2.05) is 34.9 Å². The SMILES string of the molecule is COc1ccccc1NC(=O)CSc1nncn1CCc1cccs1. The zero-order valence-electron chi connectivity index (χ0n) is 13.7. The summed E-state index contributed by atoms with van der Waals surface area (Å²) in [4.78, 5) is 13.5. The predicted octanol–water partition coefficient (Wildman–Crippen LogP) is 3.32. The largest absolute Gasteiger partial charge is 0.495 e. The topological polar surface area (TPSA) is 69.0 Å². The minimum atomic E-state index is -0.109. The van der Waals surface area contributed by atoms with Crippen LogP contribution in [0.15, 0.2) is 53.3 Å². The van der Waals surface area contributed by atoms with Gasteiger partial charge in [0.05, 0.1) is 18.6 Å². The number of anilines is 1. The Bertz CT molecular complexity index is 818. The van der Waals surface area contributed by atoms with Crippen LogP contribution in [0.1, 0.15) is 4.88 Å². The maximum atomic E-state index is 12.2. The van der Waals surface area contributed by atoms with Crippen molar-refractivity contribution in [1.29, 1.82) is 0 Å². The third kappa shape index (κ3) is 4.83. The number of aryl methyl sites for hydroxylation is 2. The molecule has 130 valence electrons. The molecule has 8 heteroatoms. The summed E-state index contributed by atoms with van der Waals surface area (Å²) < 4.78 is 7.21. The van der Waals surface area contributed by atoms with E-state index in [9.17, 15) is 4.79 Å². The normalized spacial score (nSPS) is 10.6. The molecule has 1 aromatic carbocycles. The molecule has 0 aliphatic heterocycles. The Hall–Kier alpha value is -2.32. The summed E-state index contributed by atoms with van der Waals surface area (Å²) >= 11 is 3.11. The Balaban J connectivity index is 1.53. The van der Waals surface area contributed by atoms with E-state index in [0.29, 0.717) is 11.4 Å². The van der Waals surface area contributed by atoms with E-state index in [4.69, 9.17) is 4.74 Å². The average Bonchev–Trinajstić information content (AvgIpc) is 3.30. The van der Waals surface area contributed by atoms with Gasteiger partial charge in [0.25, 0.3) is 0 Å². The van der Waals surface area contributed by atoms with Gasteiger partial charge in [0.2, 0.25) is 5.91 Å². The van der Waals surface area contributed by atoms with Crippen LogP contribution in [0.5, 0.6) is 5.75 Å². The zero-order chi connectivity index (χ0) is 17.5. The maximum Gasteiger partial charge on any atom is 0.234 e. The van der Waals surface area contributed by atoms with Crippen molar-refractivity contribution >= 4 is 34.7 Å². The van der Waals surface area contributed by atoms with Crippen molar-refractivity contribution in [3.8, 4) is 5.75 Å². The fraction of sp³-hybridized carbons (Fsp3) is 0.235. The van der Waals surface area contributed by atoms with Gasteiger partial charge in [-0.25, -0.2) is 0 Å². The number of rotatable bonds is 8. The summed E-state index contributed by atoms with van der Waals surface area (Å²) in [6.45, 7) is 0.796. The minimum absolute atomic E-state index is 0.109. The maximum absolute atomic E-state index is 12.2. The number of nitrogens with one attached hydrogen (secondary N) is 1. The summed E-state index contributed by atoms with van der Waals surface area (Å²) in [6, 6.07) is 11.5. The Morgan fingerprint density at radius 1 is 1.32 bits per heavy atom. The van der Waals surface area contributed by atoms with Gasteiger partial charge in [-0.3, -0.25) is 4.79 Å². The first-order chi connectivity index (χ1) is 12.3. The number of benzene rings is 1. The third-order valence-electron chi connectivity index (χ3n) is 3.47. The van der Waals surface area contributed by atoms with Crippen molar-refractivity contribution in [1.82, 2.24) is 14.8 Å². The van der Waals surface area contributed by atoms with E-state index in [-0.39, 0.29) is 11.7 Å². The number of carbonyl (C=O) groups is 1. The van der Waals surface area contributed by atoms with Crippen LogP contribution < -0.4 is 10.1 Å². The van der Waals surface area contributed by atoms with Crippen molar-refractivity contribution in [2.45, 2.75) is 18.1 Å². The lowest BCUT2D eigenvalue weighted by atomic mass is 10.3.